The van der Waals surface area contributed by atoms with Gasteiger partial charge in [-0.15, -0.1) is 0 Å². The van der Waals surface area contributed by atoms with Gasteiger partial charge in [0.1, 0.15) is 0 Å². The van der Waals surface area contributed by atoms with Gasteiger partial charge in [-0.05, 0) is 31.0 Å². The van der Waals surface area contributed by atoms with Crippen LogP contribution in [0.3, 0.4) is 0 Å². The van der Waals surface area contributed by atoms with Crippen molar-refractivity contribution in [3.8, 4) is 0 Å². The van der Waals surface area contributed by atoms with Crippen molar-refractivity contribution in [3.63, 3.8) is 0 Å². The summed E-state index contributed by atoms with van der Waals surface area (Å²) in [6.07, 6.45) is 3.73. The van der Waals surface area contributed by atoms with E-state index in [1.165, 1.54) is 0 Å². The highest BCUT2D eigenvalue weighted by molar-refractivity contribution is 9.10. The first-order chi connectivity index (χ1) is 8.22. The van der Waals surface area contributed by atoms with Gasteiger partial charge in [0.05, 0.1) is 17.4 Å². The molecule has 2 aromatic rings. The molecule has 1 heterocycles. The summed E-state index contributed by atoms with van der Waals surface area (Å²) in [7, 11) is 0. The van der Waals surface area contributed by atoms with E-state index in [1.54, 1.807) is 6.20 Å². The lowest BCUT2D eigenvalue weighted by molar-refractivity contribution is -0.117. The zero-order valence-corrected chi connectivity index (χ0v) is 10.7. The van der Waals surface area contributed by atoms with Crippen molar-refractivity contribution in [2.24, 2.45) is 5.92 Å². The summed E-state index contributed by atoms with van der Waals surface area (Å²) in [5.41, 5.74) is 1.69. The molecule has 3 nitrogen and oxygen atoms in total. The second-order valence-electron chi connectivity index (χ2n) is 4.32. The van der Waals surface area contributed by atoms with Gasteiger partial charge in [-0.2, -0.15) is 0 Å². The second-order valence-corrected chi connectivity index (χ2v) is 5.24. The van der Waals surface area contributed by atoms with Gasteiger partial charge in [0.25, 0.3) is 0 Å². The van der Waals surface area contributed by atoms with Crippen LogP contribution in [0.4, 0.5) is 5.69 Å². The van der Waals surface area contributed by atoms with Crippen molar-refractivity contribution in [3.05, 3.63) is 34.9 Å². The number of amides is 1. The lowest BCUT2D eigenvalue weighted by Crippen LogP contribution is -2.13. The summed E-state index contributed by atoms with van der Waals surface area (Å²) < 4.78 is 1.01. The highest BCUT2D eigenvalue weighted by Gasteiger charge is 2.29. The van der Waals surface area contributed by atoms with Gasteiger partial charge in [0.2, 0.25) is 5.91 Å². The minimum atomic E-state index is 0.114. The Kier molecular flexibility index (Phi) is 2.59. The molecular weight excluding hydrogens is 280 g/mol. The summed E-state index contributed by atoms with van der Waals surface area (Å²) in [6.45, 7) is 0. The molecule has 0 saturated heterocycles. The third-order valence-electron chi connectivity index (χ3n) is 2.86. The number of carbonyl (C=O) groups excluding carboxylic acids is 1. The maximum absolute atomic E-state index is 11.6. The Morgan fingerprint density at radius 2 is 2.18 bits per heavy atom. The molecule has 0 spiro atoms. The van der Waals surface area contributed by atoms with Crippen molar-refractivity contribution in [1.29, 1.82) is 0 Å². The zero-order chi connectivity index (χ0) is 11.8. The van der Waals surface area contributed by atoms with Gasteiger partial charge in [0.15, 0.2) is 0 Å². The van der Waals surface area contributed by atoms with Crippen LogP contribution in [0.5, 0.6) is 0 Å². The van der Waals surface area contributed by atoms with Crippen LogP contribution in [0.1, 0.15) is 12.8 Å². The minimum Gasteiger partial charge on any atom is -0.324 e. The first-order valence-electron chi connectivity index (χ1n) is 5.58. The number of hydrogen-bond acceptors (Lipinski definition) is 2. The Labute approximate surface area is 107 Å². The molecule has 0 atom stereocenters. The molecule has 1 aliphatic carbocycles. The number of rotatable bonds is 2. The average molecular weight is 291 g/mol. The third kappa shape index (κ3) is 2.31. The van der Waals surface area contributed by atoms with Crippen LogP contribution < -0.4 is 5.32 Å². The van der Waals surface area contributed by atoms with Crippen molar-refractivity contribution in [2.45, 2.75) is 12.8 Å². The van der Waals surface area contributed by atoms with Crippen LogP contribution in [0.2, 0.25) is 0 Å². The van der Waals surface area contributed by atoms with Crippen LogP contribution in [0.25, 0.3) is 10.9 Å². The molecule has 86 valence electrons. The number of anilines is 1. The summed E-state index contributed by atoms with van der Waals surface area (Å²) in [5.74, 6) is 0.332. The van der Waals surface area contributed by atoms with Crippen LogP contribution in [-0.2, 0) is 4.79 Å². The fraction of sp³-hybridized carbons (Fsp3) is 0.231. The number of pyridine rings is 1. The van der Waals surface area contributed by atoms with E-state index in [9.17, 15) is 4.79 Å². The Morgan fingerprint density at radius 3 is 2.94 bits per heavy atom. The van der Waals surface area contributed by atoms with Crippen LogP contribution in [0, 0.1) is 5.92 Å². The predicted octanol–water partition coefficient (Wildman–Crippen LogP) is 3.35. The van der Waals surface area contributed by atoms with E-state index in [2.05, 4.69) is 26.2 Å². The maximum Gasteiger partial charge on any atom is 0.227 e. The molecule has 0 bridgehead atoms. The number of halogens is 1. The monoisotopic (exact) mass is 290 g/mol. The molecule has 0 radical (unpaired) electrons. The molecule has 1 aliphatic rings. The predicted molar refractivity (Wildman–Crippen MR) is 70.8 cm³/mol. The van der Waals surface area contributed by atoms with E-state index in [1.807, 2.05) is 24.3 Å². The van der Waals surface area contributed by atoms with Crippen molar-refractivity contribution in [1.82, 2.24) is 4.98 Å². The largest absolute Gasteiger partial charge is 0.324 e. The number of aromatic nitrogens is 1. The average Bonchev–Trinajstić information content (AvgIpc) is 3.13. The van der Waals surface area contributed by atoms with Gasteiger partial charge in [-0.25, -0.2) is 0 Å². The quantitative estimate of drug-likeness (QED) is 0.922. The molecular formula is C13H11BrN2O. The summed E-state index contributed by atoms with van der Waals surface area (Å²) in [4.78, 5) is 15.9. The van der Waals surface area contributed by atoms with E-state index in [0.29, 0.717) is 0 Å². The molecule has 1 fully saturated rings. The van der Waals surface area contributed by atoms with Gasteiger partial charge >= 0.3 is 0 Å². The minimum absolute atomic E-state index is 0.114. The standard InChI is InChI=1S/C13H11BrN2O/c14-10-4-3-9-5-11(7-15-12(9)6-10)16-13(17)8-1-2-8/h3-8H,1-2H2,(H,16,17). The first-order valence-corrected chi connectivity index (χ1v) is 6.38. The van der Waals surface area contributed by atoms with Crippen LogP contribution >= 0.6 is 15.9 Å². The maximum atomic E-state index is 11.6. The van der Waals surface area contributed by atoms with Gasteiger partial charge in [-0.1, -0.05) is 22.0 Å². The van der Waals surface area contributed by atoms with E-state index in [0.717, 1.165) is 33.9 Å². The molecule has 0 aliphatic heterocycles. The van der Waals surface area contributed by atoms with Gasteiger partial charge in [0, 0.05) is 15.8 Å². The Balaban J connectivity index is 1.90. The molecule has 1 aromatic heterocycles. The van der Waals surface area contributed by atoms with E-state index >= 15 is 0 Å². The highest BCUT2D eigenvalue weighted by atomic mass is 79.9. The number of nitrogens with zero attached hydrogens (tertiary/aromatic N) is 1. The molecule has 4 heteroatoms. The number of hydrogen-bond donors (Lipinski definition) is 1. The number of carbonyl (C=O) groups is 1. The smallest absolute Gasteiger partial charge is 0.227 e. The second kappa shape index (κ2) is 4.11. The van der Waals surface area contributed by atoms with Gasteiger partial charge < -0.3 is 5.32 Å². The van der Waals surface area contributed by atoms with Crippen molar-refractivity contribution < 1.29 is 4.79 Å². The van der Waals surface area contributed by atoms with Crippen LogP contribution in [0.15, 0.2) is 34.9 Å². The lowest BCUT2D eigenvalue weighted by atomic mass is 10.2. The highest BCUT2D eigenvalue weighted by Crippen LogP contribution is 2.30. The zero-order valence-electron chi connectivity index (χ0n) is 9.11. The number of nitrogens with one attached hydrogen (secondary N) is 1. The number of benzene rings is 1. The normalized spacial score (nSPS) is 14.9. The molecule has 3 rings (SSSR count). The fourth-order valence-corrected chi connectivity index (χ4v) is 2.10. The summed E-state index contributed by atoms with van der Waals surface area (Å²) >= 11 is 3.41. The molecule has 1 saturated carbocycles. The number of fused-ring (bicyclic) bond motifs is 1. The Morgan fingerprint density at radius 1 is 1.35 bits per heavy atom. The topological polar surface area (TPSA) is 42.0 Å². The van der Waals surface area contributed by atoms with E-state index < -0.39 is 0 Å². The molecule has 0 unspecified atom stereocenters. The fourth-order valence-electron chi connectivity index (χ4n) is 1.75. The Hall–Kier alpha value is -1.42. The summed E-state index contributed by atoms with van der Waals surface area (Å²) in [6, 6.07) is 7.87. The van der Waals surface area contributed by atoms with Crippen molar-refractivity contribution >= 4 is 38.4 Å². The molecule has 1 amide bonds. The SMILES string of the molecule is O=C(Nc1cnc2cc(Br)ccc2c1)C1CC1. The van der Waals surface area contributed by atoms with E-state index in [4.69, 9.17) is 0 Å². The molecule has 1 aromatic carbocycles. The molecule has 1 N–H and O–H groups in total. The Bertz CT molecular complexity index is 593. The van der Waals surface area contributed by atoms with E-state index in [-0.39, 0.29) is 11.8 Å². The van der Waals surface area contributed by atoms with Crippen molar-refractivity contribution in [2.75, 3.05) is 5.32 Å². The van der Waals surface area contributed by atoms with Gasteiger partial charge in [-0.3, -0.25) is 9.78 Å². The van der Waals surface area contributed by atoms with Crippen LogP contribution in [-0.4, -0.2) is 10.9 Å². The third-order valence-corrected chi connectivity index (χ3v) is 3.36. The lowest BCUT2D eigenvalue weighted by Gasteiger charge is -2.05. The first kappa shape index (κ1) is 10.7. The molecule has 17 heavy (non-hydrogen) atoms. The summed E-state index contributed by atoms with van der Waals surface area (Å²) in [5, 5.41) is 3.93.